The monoisotopic (exact) mass is 404 g/mol. The van der Waals surface area contributed by atoms with Crippen LogP contribution >= 0.6 is 47.3 Å². The maximum atomic E-state index is 13.1. The third kappa shape index (κ3) is 2.87. The molecule has 0 saturated carbocycles. The molecule has 2 heterocycles. The zero-order chi connectivity index (χ0) is 17.6. The van der Waals surface area contributed by atoms with Crippen LogP contribution in [0.4, 0.5) is 11.4 Å². The number of thioether (sulfide) groups is 2. The molecule has 1 amide bonds. The predicted octanol–water partition coefficient (Wildman–Crippen LogP) is 5.51. The van der Waals surface area contributed by atoms with E-state index in [0.29, 0.717) is 14.2 Å². The Bertz CT molecular complexity index is 914. The van der Waals surface area contributed by atoms with Crippen molar-refractivity contribution in [2.45, 2.75) is 11.8 Å². The zero-order valence-electron chi connectivity index (χ0n) is 13.2. The van der Waals surface area contributed by atoms with E-state index in [9.17, 15) is 4.79 Å². The summed E-state index contributed by atoms with van der Waals surface area (Å²) in [6, 6.07) is 15.3. The standard InChI is InChI=1S/C18H13ClN2OS3/c1-2-20-13-10-11(19)8-9-14(13)24-17(20)15-16(22)21(18(23)25-15)12-6-4-3-5-7-12/h3-10H,2H2,1H3/b17-15-. The highest BCUT2D eigenvalue weighted by atomic mass is 35.5. The summed E-state index contributed by atoms with van der Waals surface area (Å²) in [5.41, 5.74) is 1.84. The second kappa shape index (κ2) is 6.68. The van der Waals surface area contributed by atoms with Gasteiger partial charge in [-0.05, 0) is 37.3 Å². The van der Waals surface area contributed by atoms with Crippen molar-refractivity contribution in [2.75, 3.05) is 16.3 Å². The van der Waals surface area contributed by atoms with Crippen molar-refractivity contribution < 1.29 is 4.79 Å². The summed E-state index contributed by atoms with van der Waals surface area (Å²) in [4.78, 5) is 18.6. The first-order chi connectivity index (χ1) is 12.1. The number of hydrogen-bond acceptors (Lipinski definition) is 5. The summed E-state index contributed by atoms with van der Waals surface area (Å²) in [5.74, 6) is -0.0685. The SMILES string of the molecule is CCN1/C(=C2/SC(=S)N(c3ccccc3)C2=O)Sc2ccc(Cl)cc21. The molecule has 126 valence electrons. The quantitative estimate of drug-likeness (QED) is 0.485. The minimum absolute atomic E-state index is 0.0685. The lowest BCUT2D eigenvalue weighted by atomic mass is 10.3. The van der Waals surface area contributed by atoms with Gasteiger partial charge in [0.15, 0.2) is 4.32 Å². The van der Waals surface area contributed by atoms with Gasteiger partial charge in [0.05, 0.1) is 11.4 Å². The molecule has 1 fully saturated rings. The van der Waals surface area contributed by atoms with Crippen LogP contribution in [0.25, 0.3) is 0 Å². The van der Waals surface area contributed by atoms with E-state index in [4.69, 9.17) is 23.8 Å². The van der Waals surface area contributed by atoms with Gasteiger partial charge in [-0.25, -0.2) is 0 Å². The lowest BCUT2D eigenvalue weighted by Crippen LogP contribution is -2.28. The van der Waals surface area contributed by atoms with Gasteiger partial charge in [-0.2, -0.15) is 0 Å². The number of anilines is 2. The van der Waals surface area contributed by atoms with E-state index in [1.807, 2.05) is 48.5 Å². The van der Waals surface area contributed by atoms with Crippen molar-refractivity contribution in [1.29, 1.82) is 0 Å². The predicted molar refractivity (Wildman–Crippen MR) is 111 cm³/mol. The fourth-order valence-corrected chi connectivity index (χ4v) is 5.66. The number of benzene rings is 2. The third-order valence-electron chi connectivity index (χ3n) is 3.96. The van der Waals surface area contributed by atoms with Crippen LogP contribution in [0.5, 0.6) is 0 Å². The van der Waals surface area contributed by atoms with Crippen LogP contribution in [0.15, 0.2) is 63.4 Å². The van der Waals surface area contributed by atoms with Crippen LogP contribution < -0.4 is 9.80 Å². The smallest absolute Gasteiger partial charge is 0.273 e. The van der Waals surface area contributed by atoms with Crippen molar-refractivity contribution in [1.82, 2.24) is 0 Å². The van der Waals surface area contributed by atoms with Gasteiger partial charge >= 0.3 is 0 Å². The Morgan fingerprint density at radius 3 is 2.60 bits per heavy atom. The Kier molecular flexibility index (Phi) is 4.54. The summed E-state index contributed by atoms with van der Waals surface area (Å²) in [6.45, 7) is 2.82. The maximum Gasteiger partial charge on any atom is 0.273 e. The summed E-state index contributed by atoms with van der Waals surface area (Å²) in [7, 11) is 0. The molecule has 0 radical (unpaired) electrons. The number of para-hydroxylation sites is 1. The minimum Gasteiger partial charge on any atom is -0.334 e. The van der Waals surface area contributed by atoms with E-state index in [0.717, 1.165) is 27.8 Å². The van der Waals surface area contributed by atoms with E-state index >= 15 is 0 Å². The molecule has 0 spiro atoms. The zero-order valence-corrected chi connectivity index (χ0v) is 16.4. The molecule has 2 aliphatic heterocycles. The van der Waals surface area contributed by atoms with Crippen LogP contribution in [0.1, 0.15) is 6.92 Å². The van der Waals surface area contributed by atoms with Gasteiger partial charge in [0.25, 0.3) is 5.91 Å². The molecule has 0 atom stereocenters. The Labute approximate surface area is 165 Å². The number of thiocarbonyl (C=S) groups is 1. The first-order valence-corrected chi connectivity index (χ1v) is 10.1. The molecular formula is C18H13ClN2OS3. The van der Waals surface area contributed by atoms with Crippen LogP contribution in [0.2, 0.25) is 5.02 Å². The molecule has 4 rings (SSSR count). The summed E-state index contributed by atoms with van der Waals surface area (Å²) in [6.07, 6.45) is 0. The van der Waals surface area contributed by atoms with Gasteiger partial charge in [0, 0.05) is 16.5 Å². The Morgan fingerprint density at radius 1 is 1.12 bits per heavy atom. The normalized spacial score (nSPS) is 19.8. The number of amides is 1. The van der Waals surface area contributed by atoms with Crippen LogP contribution in [-0.4, -0.2) is 16.8 Å². The molecule has 0 unspecified atom stereocenters. The molecule has 0 aliphatic carbocycles. The first kappa shape index (κ1) is 17.0. The maximum absolute atomic E-state index is 13.1. The van der Waals surface area contributed by atoms with Crippen LogP contribution in [-0.2, 0) is 4.79 Å². The van der Waals surface area contributed by atoms with E-state index in [2.05, 4.69) is 11.8 Å². The van der Waals surface area contributed by atoms with Crippen molar-refractivity contribution in [3.8, 4) is 0 Å². The molecule has 25 heavy (non-hydrogen) atoms. The largest absolute Gasteiger partial charge is 0.334 e. The van der Waals surface area contributed by atoms with Gasteiger partial charge in [-0.15, -0.1) is 0 Å². The van der Waals surface area contributed by atoms with Crippen molar-refractivity contribution in [2.24, 2.45) is 0 Å². The minimum atomic E-state index is -0.0685. The number of fused-ring (bicyclic) bond motifs is 1. The van der Waals surface area contributed by atoms with Gasteiger partial charge in [-0.1, -0.05) is 65.5 Å². The average Bonchev–Trinajstić information content (AvgIpc) is 3.11. The van der Waals surface area contributed by atoms with Gasteiger partial charge in [0.1, 0.15) is 9.93 Å². The lowest BCUT2D eigenvalue weighted by Gasteiger charge is -2.19. The lowest BCUT2D eigenvalue weighted by molar-refractivity contribution is -0.113. The van der Waals surface area contributed by atoms with Crippen LogP contribution in [0.3, 0.4) is 0 Å². The van der Waals surface area contributed by atoms with Gasteiger partial charge in [-0.3, -0.25) is 9.69 Å². The highest BCUT2D eigenvalue weighted by Crippen LogP contribution is 2.51. The molecule has 0 N–H and O–H groups in total. The van der Waals surface area contributed by atoms with Crippen molar-refractivity contribution in [3.63, 3.8) is 0 Å². The number of carbonyl (C=O) groups excluding carboxylic acids is 1. The van der Waals surface area contributed by atoms with E-state index in [1.165, 1.54) is 11.8 Å². The molecule has 0 aromatic heterocycles. The molecule has 1 saturated heterocycles. The molecule has 2 aliphatic rings. The number of rotatable bonds is 2. The highest BCUT2D eigenvalue weighted by molar-refractivity contribution is 8.27. The molecule has 2 aromatic carbocycles. The molecule has 7 heteroatoms. The second-order valence-electron chi connectivity index (χ2n) is 5.44. The fourth-order valence-electron chi connectivity index (χ4n) is 2.84. The molecule has 3 nitrogen and oxygen atoms in total. The molecular weight excluding hydrogens is 392 g/mol. The highest BCUT2D eigenvalue weighted by Gasteiger charge is 2.39. The summed E-state index contributed by atoms with van der Waals surface area (Å²) >= 11 is 14.6. The Morgan fingerprint density at radius 2 is 1.88 bits per heavy atom. The van der Waals surface area contributed by atoms with E-state index in [1.54, 1.807) is 16.7 Å². The number of halogens is 1. The third-order valence-corrected chi connectivity index (χ3v) is 6.87. The molecule has 0 bridgehead atoms. The summed E-state index contributed by atoms with van der Waals surface area (Å²) < 4.78 is 0.560. The number of hydrogen-bond donors (Lipinski definition) is 0. The van der Waals surface area contributed by atoms with E-state index in [-0.39, 0.29) is 5.91 Å². The number of carbonyl (C=O) groups is 1. The van der Waals surface area contributed by atoms with Gasteiger partial charge < -0.3 is 4.90 Å². The van der Waals surface area contributed by atoms with Crippen molar-refractivity contribution >= 4 is 68.9 Å². The fraction of sp³-hybridized carbons (Fsp3) is 0.111. The first-order valence-electron chi connectivity index (χ1n) is 7.70. The van der Waals surface area contributed by atoms with Crippen LogP contribution in [0, 0.1) is 0 Å². The van der Waals surface area contributed by atoms with Crippen molar-refractivity contribution in [3.05, 3.63) is 63.5 Å². The Hall–Kier alpha value is -1.47. The summed E-state index contributed by atoms with van der Waals surface area (Å²) in [5, 5.41) is 1.62. The van der Waals surface area contributed by atoms with Gasteiger partial charge in [0.2, 0.25) is 0 Å². The molecule has 2 aromatic rings. The topological polar surface area (TPSA) is 23.6 Å². The Balaban J connectivity index is 1.77. The second-order valence-corrected chi connectivity index (χ2v) is 8.55. The van der Waals surface area contributed by atoms with E-state index < -0.39 is 0 Å². The average molecular weight is 405 g/mol. The number of nitrogens with zero attached hydrogens (tertiary/aromatic N) is 2.